The van der Waals surface area contributed by atoms with Crippen molar-refractivity contribution in [3.63, 3.8) is 0 Å². The summed E-state index contributed by atoms with van der Waals surface area (Å²) >= 11 is 3.29. The molecule has 0 aliphatic heterocycles. The first kappa shape index (κ1) is 15.3. The van der Waals surface area contributed by atoms with Gasteiger partial charge in [-0.25, -0.2) is 4.98 Å². The van der Waals surface area contributed by atoms with Crippen molar-refractivity contribution < 1.29 is 13.2 Å². The lowest BCUT2D eigenvalue weighted by molar-refractivity contribution is -0.187. The molecule has 0 aliphatic rings. The number of rotatable bonds is 2. The van der Waals surface area contributed by atoms with E-state index in [1.807, 2.05) is 0 Å². The van der Waals surface area contributed by atoms with Gasteiger partial charge in [0.15, 0.2) is 5.54 Å². The van der Waals surface area contributed by atoms with Gasteiger partial charge in [-0.1, -0.05) is 15.9 Å². The standard InChI is InChI=1S/C13H15BrF3N3/c1-7(2)20-10-5-4-8(14)6-9(10)19-11(20)12(3,18)13(15,16)17/h4-7H,18H2,1-3H3. The summed E-state index contributed by atoms with van der Waals surface area (Å²) in [7, 11) is 0. The Morgan fingerprint density at radius 2 is 1.90 bits per heavy atom. The predicted molar refractivity (Wildman–Crippen MR) is 75.4 cm³/mol. The molecule has 7 heteroatoms. The Morgan fingerprint density at radius 1 is 1.30 bits per heavy atom. The van der Waals surface area contributed by atoms with Crippen LogP contribution in [0.1, 0.15) is 32.6 Å². The average molecular weight is 350 g/mol. The molecule has 2 N–H and O–H groups in total. The average Bonchev–Trinajstić information content (AvgIpc) is 2.66. The van der Waals surface area contributed by atoms with E-state index >= 15 is 0 Å². The van der Waals surface area contributed by atoms with Gasteiger partial charge in [0.25, 0.3) is 0 Å². The molecular formula is C13H15BrF3N3. The van der Waals surface area contributed by atoms with Gasteiger partial charge in [0.2, 0.25) is 0 Å². The van der Waals surface area contributed by atoms with E-state index in [0.717, 1.165) is 11.4 Å². The number of aromatic nitrogens is 2. The van der Waals surface area contributed by atoms with Crippen LogP contribution in [-0.4, -0.2) is 15.7 Å². The quantitative estimate of drug-likeness (QED) is 0.886. The number of nitrogens with zero attached hydrogens (tertiary/aromatic N) is 2. The Bertz CT molecular complexity index is 644. The van der Waals surface area contributed by atoms with Gasteiger partial charge >= 0.3 is 6.18 Å². The van der Waals surface area contributed by atoms with Crippen LogP contribution in [0.15, 0.2) is 22.7 Å². The van der Waals surface area contributed by atoms with Crippen LogP contribution in [-0.2, 0) is 5.54 Å². The second-order valence-electron chi connectivity index (χ2n) is 5.23. The van der Waals surface area contributed by atoms with E-state index in [-0.39, 0.29) is 11.9 Å². The van der Waals surface area contributed by atoms with Crippen molar-refractivity contribution in [1.29, 1.82) is 0 Å². The zero-order chi connectivity index (χ0) is 15.3. The van der Waals surface area contributed by atoms with Crippen LogP contribution in [0.25, 0.3) is 11.0 Å². The van der Waals surface area contributed by atoms with Gasteiger partial charge in [-0.05, 0) is 39.0 Å². The molecule has 0 saturated heterocycles. The first-order valence-electron chi connectivity index (χ1n) is 6.09. The van der Waals surface area contributed by atoms with Crippen molar-refractivity contribution in [3.8, 4) is 0 Å². The zero-order valence-electron chi connectivity index (χ0n) is 11.3. The first-order valence-corrected chi connectivity index (χ1v) is 6.88. The summed E-state index contributed by atoms with van der Waals surface area (Å²) in [6, 6.07) is 5.02. The van der Waals surface area contributed by atoms with E-state index in [1.54, 1.807) is 32.0 Å². The third-order valence-corrected chi connectivity index (χ3v) is 3.71. The Morgan fingerprint density at radius 3 is 2.40 bits per heavy atom. The minimum Gasteiger partial charge on any atom is -0.324 e. The highest BCUT2D eigenvalue weighted by Crippen LogP contribution is 2.38. The van der Waals surface area contributed by atoms with Gasteiger partial charge in [0.1, 0.15) is 5.82 Å². The molecule has 0 radical (unpaired) electrons. The SMILES string of the molecule is CC(C)n1c(C(C)(N)C(F)(F)F)nc2cc(Br)ccc21. The van der Waals surface area contributed by atoms with Crippen molar-refractivity contribution in [1.82, 2.24) is 9.55 Å². The summed E-state index contributed by atoms with van der Waals surface area (Å²) in [6.45, 7) is 4.56. The van der Waals surface area contributed by atoms with Crippen molar-refractivity contribution in [2.45, 2.75) is 38.5 Å². The summed E-state index contributed by atoms with van der Waals surface area (Å²) in [5.74, 6) is -0.173. The molecule has 2 aromatic rings. The van der Waals surface area contributed by atoms with Crippen LogP contribution in [0.5, 0.6) is 0 Å². The highest BCUT2D eigenvalue weighted by molar-refractivity contribution is 9.10. The fourth-order valence-corrected chi connectivity index (χ4v) is 2.44. The fourth-order valence-electron chi connectivity index (χ4n) is 2.09. The molecule has 0 fully saturated rings. The van der Waals surface area contributed by atoms with Gasteiger partial charge in [0.05, 0.1) is 11.0 Å². The smallest absolute Gasteiger partial charge is 0.324 e. The molecular weight excluding hydrogens is 335 g/mol. The Kier molecular flexibility index (Phi) is 3.62. The Balaban J connectivity index is 2.79. The molecule has 2 rings (SSSR count). The maximum Gasteiger partial charge on any atom is 0.413 e. The highest BCUT2D eigenvalue weighted by atomic mass is 79.9. The number of nitrogens with two attached hydrogens (primary N) is 1. The van der Waals surface area contributed by atoms with E-state index < -0.39 is 11.7 Å². The lowest BCUT2D eigenvalue weighted by Gasteiger charge is -2.28. The molecule has 0 spiro atoms. The summed E-state index contributed by atoms with van der Waals surface area (Å²) < 4.78 is 41.8. The molecule has 20 heavy (non-hydrogen) atoms. The van der Waals surface area contributed by atoms with Crippen LogP contribution in [0.3, 0.4) is 0 Å². The molecule has 1 aromatic heterocycles. The number of alkyl halides is 3. The summed E-state index contributed by atoms with van der Waals surface area (Å²) in [6.07, 6.45) is -4.57. The van der Waals surface area contributed by atoms with Crippen LogP contribution in [0, 0.1) is 0 Å². The molecule has 0 amide bonds. The van der Waals surface area contributed by atoms with E-state index in [0.29, 0.717) is 11.0 Å². The van der Waals surface area contributed by atoms with Gasteiger partial charge in [-0.15, -0.1) is 0 Å². The monoisotopic (exact) mass is 349 g/mol. The van der Waals surface area contributed by atoms with Crippen LogP contribution >= 0.6 is 15.9 Å². The Hall–Kier alpha value is -1.08. The van der Waals surface area contributed by atoms with Gasteiger partial charge < -0.3 is 10.3 Å². The molecule has 0 saturated carbocycles. The van der Waals surface area contributed by atoms with Crippen molar-refractivity contribution >= 4 is 27.0 Å². The number of hydrogen-bond donors (Lipinski definition) is 1. The number of hydrogen-bond acceptors (Lipinski definition) is 2. The topological polar surface area (TPSA) is 43.8 Å². The number of imidazole rings is 1. The summed E-state index contributed by atoms with van der Waals surface area (Å²) in [5, 5.41) is 0. The zero-order valence-corrected chi connectivity index (χ0v) is 12.9. The van der Waals surface area contributed by atoms with Crippen LogP contribution in [0.2, 0.25) is 0 Å². The maximum absolute atomic E-state index is 13.2. The first-order chi connectivity index (χ1) is 9.05. The third kappa shape index (κ3) is 2.33. The number of halogens is 4. The lowest BCUT2D eigenvalue weighted by atomic mass is 10.0. The third-order valence-electron chi connectivity index (χ3n) is 3.22. The van der Waals surface area contributed by atoms with Gasteiger partial charge in [-0.3, -0.25) is 0 Å². The van der Waals surface area contributed by atoms with Crippen molar-refractivity contribution in [2.24, 2.45) is 5.73 Å². The molecule has 1 unspecified atom stereocenters. The maximum atomic E-state index is 13.2. The lowest BCUT2D eigenvalue weighted by Crippen LogP contribution is -2.49. The van der Waals surface area contributed by atoms with E-state index in [9.17, 15) is 13.2 Å². The minimum atomic E-state index is -4.57. The number of fused-ring (bicyclic) bond motifs is 1. The molecule has 1 atom stereocenters. The second-order valence-corrected chi connectivity index (χ2v) is 6.15. The fraction of sp³-hybridized carbons (Fsp3) is 0.462. The largest absolute Gasteiger partial charge is 0.413 e. The van der Waals surface area contributed by atoms with Crippen LogP contribution in [0.4, 0.5) is 13.2 Å². The van der Waals surface area contributed by atoms with E-state index in [1.165, 1.54) is 4.57 Å². The highest BCUT2D eigenvalue weighted by Gasteiger charge is 2.52. The van der Waals surface area contributed by atoms with Crippen LogP contribution < -0.4 is 5.73 Å². The predicted octanol–water partition coefficient (Wildman–Crippen LogP) is 4.12. The molecule has 0 bridgehead atoms. The molecule has 1 heterocycles. The van der Waals surface area contributed by atoms with Gasteiger partial charge in [-0.2, -0.15) is 13.2 Å². The summed E-state index contributed by atoms with van der Waals surface area (Å²) in [4.78, 5) is 4.12. The Labute approximate surface area is 123 Å². The van der Waals surface area contributed by atoms with Crippen molar-refractivity contribution in [2.75, 3.05) is 0 Å². The minimum absolute atomic E-state index is 0.173. The molecule has 0 aliphatic carbocycles. The molecule has 110 valence electrons. The van der Waals surface area contributed by atoms with Gasteiger partial charge in [0, 0.05) is 10.5 Å². The van der Waals surface area contributed by atoms with E-state index in [4.69, 9.17) is 5.73 Å². The number of benzene rings is 1. The molecule has 3 nitrogen and oxygen atoms in total. The molecule has 1 aromatic carbocycles. The normalized spacial score (nSPS) is 15.8. The van der Waals surface area contributed by atoms with Crippen molar-refractivity contribution in [3.05, 3.63) is 28.5 Å². The summed E-state index contributed by atoms with van der Waals surface area (Å²) in [5.41, 5.74) is 4.17. The van der Waals surface area contributed by atoms with E-state index in [2.05, 4.69) is 20.9 Å². The second kappa shape index (κ2) is 4.73.